The Kier molecular flexibility index (Phi) is 4.81. The number of carbonyl (C=O) groups excluding carboxylic acids is 1. The Balaban J connectivity index is 1.78. The monoisotopic (exact) mass is 341 g/mol. The van der Waals surface area contributed by atoms with E-state index in [0.717, 1.165) is 30.8 Å². The molecule has 0 bridgehead atoms. The van der Waals surface area contributed by atoms with Crippen LogP contribution >= 0.6 is 0 Å². The lowest BCUT2D eigenvalue weighted by atomic mass is 10.0. The maximum absolute atomic E-state index is 11.1. The van der Waals surface area contributed by atoms with Gasteiger partial charge in [0, 0.05) is 18.8 Å². The number of ether oxygens (including phenoxy) is 1. The number of primary amides is 1. The van der Waals surface area contributed by atoms with Crippen molar-refractivity contribution in [3.05, 3.63) is 59.2 Å². The lowest BCUT2D eigenvalue weighted by molar-refractivity contribution is -0.0710. The second kappa shape index (κ2) is 7.03. The number of hydrogen-bond donors (Lipinski definition) is 2. The third kappa shape index (κ3) is 3.53. The van der Waals surface area contributed by atoms with Gasteiger partial charge in [-0.3, -0.25) is 5.21 Å². The van der Waals surface area contributed by atoms with Gasteiger partial charge < -0.3 is 15.4 Å². The molecule has 0 aliphatic carbocycles. The van der Waals surface area contributed by atoms with Crippen molar-refractivity contribution < 1.29 is 14.7 Å². The summed E-state index contributed by atoms with van der Waals surface area (Å²) < 4.78 is 5.29. The molecule has 6 heteroatoms. The van der Waals surface area contributed by atoms with E-state index in [1.807, 2.05) is 36.4 Å². The van der Waals surface area contributed by atoms with Crippen LogP contribution in [0.4, 0.5) is 10.5 Å². The molecule has 132 valence electrons. The van der Waals surface area contributed by atoms with Gasteiger partial charge in [0.2, 0.25) is 0 Å². The van der Waals surface area contributed by atoms with Gasteiger partial charge in [-0.05, 0) is 48.2 Å². The van der Waals surface area contributed by atoms with Crippen LogP contribution in [-0.4, -0.2) is 30.0 Å². The summed E-state index contributed by atoms with van der Waals surface area (Å²) in [6.45, 7) is 3.49. The van der Waals surface area contributed by atoms with Crippen LogP contribution in [0.1, 0.15) is 29.7 Å². The Morgan fingerprint density at radius 3 is 2.88 bits per heavy atom. The minimum atomic E-state index is -0.854. The summed E-state index contributed by atoms with van der Waals surface area (Å²) in [4.78, 5) is 13.5. The highest BCUT2D eigenvalue weighted by Crippen LogP contribution is 2.33. The van der Waals surface area contributed by atoms with E-state index in [1.165, 1.54) is 16.8 Å². The van der Waals surface area contributed by atoms with Gasteiger partial charge in [-0.1, -0.05) is 24.3 Å². The van der Waals surface area contributed by atoms with E-state index in [9.17, 15) is 10.0 Å². The molecule has 0 spiro atoms. The molecule has 1 unspecified atom stereocenters. The average molecular weight is 341 g/mol. The molecule has 1 aliphatic heterocycles. The Morgan fingerprint density at radius 1 is 1.36 bits per heavy atom. The molecule has 1 atom stereocenters. The van der Waals surface area contributed by atoms with Crippen LogP contribution in [0.5, 0.6) is 5.75 Å². The van der Waals surface area contributed by atoms with Crippen LogP contribution in [0.2, 0.25) is 0 Å². The number of amides is 2. The SMILES string of the molecule is COc1cccc(CN2CCc3cc(C(C)N(O)C(N)=O)ccc32)c1. The van der Waals surface area contributed by atoms with E-state index in [-0.39, 0.29) is 0 Å². The molecule has 3 rings (SSSR count). The number of hydroxylamine groups is 2. The zero-order valence-electron chi connectivity index (χ0n) is 14.5. The third-order valence-corrected chi connectivity index (χ3v) is 4.68. The van der Waals surface area contributed by atoms with Gasteiger partial charge >= 0.3 is 6.03 Å². The van der Waals surface area contributed by atoms with Gasteiger partial charge in [-0.15, -0.1) is 0 Å². The molecule has 2 aromatic rings. The van der Waals surface area contributed by atoms with E-state index in [1.54, 1.807) is 14.0 Å². The predicted octanol–water partition coefficient (Wildman–Crippen LogP) is 3.09. The van der Waals surface area contributed by atoms with Gasteiger partial charge in [-0.25, -0.2) is 4.79 Å². The summed E-state index contributed by atoms with van der Waals surface area (Å²) in [6, 6.07) is 12.8. The lowest BCUT2D eigenvalue weighted by Crippen LogP contribution is -2.34. The summed E-state index contributed by atoms with van der Waals surface area (Å²) in [5.41, 5.74) is 9.59. The molecule has 3 N–H and O–H groups in total. The summed E-state index contributed by atoms with van der Waals surface area (Å²) in [5.74, 6) is 0.857. The molecular formula is C19H23N3O3. The maximum atomic E-state index is 11.1. The van der Waals surface area contributed by atoms with Gasteiger partial charge in [0.05, 0.1) is 13.2 Å². The van der Waals surface area contributed by atoms with E-state index < -0.39 is 12.1 Å². The largest absolute Gasteiger partial charge is 0.497 e. The van der Waals surface area contributed by atoms with Crippen molar-refractivity contribution in [3.8, 4) is 5.75 Å². The highest BCUT2D eigenvalue weighted by atomic mass is 16.5. The molecule has 0 fully saturated rings. The Morgan fingerprint density at radius 2 is 2.16 bits per heavy atom. The Hall–Kier alpha value is -2.73. The third-order valence-electron chi connectivity index (χ3n) is 4.68. The molecule has 6 nitrogen and oxygen atoms in total. The van der Waals surface area contributed by atoms with Crippen LogP contribution in [0.3, 0.4) is 0 Å². The van der Waals surface area contributed by atoms with Crippen molar-refractivity contribution in [3.63, 3.8) is 0 Å². The van der Waals surface area contributed by atoms with Crippen LogP contribution in [0.15, 0.2) is 42.5 Å². The van der Waals surface area contributed by atoms with Crippen LogP contribution in [-0.2, 0) is 13.0 Å². The number of hydrogen-bond acceptors (Lipinski definition) is 4. The summed E-state index contributed by atoms with van der Waals surface area (Å²) in [7, 11) is 1.67. The molecule has 1 aliphatic rings. The van der Waals surface area contributed by atoms with Crippen molar-refractivity contribution in [2.45, 2.75) is 25.9 Å². The van der Waals surface area contributed by atoms with E-state index in [2.05, 4.69) is 11.0 Å². The van der Waals surface area contributed by atoms with E-state index >= 15 is 0 Å². The number of carbonyl (C=O) groups is 1. The summed E-state index contributed by atoms with van der Waals surface area (Å²) >= 11 is 0. The molecule has 1 heterocycles. The Labute approximate surface area is 147 Å². The van der Waals surface area contributed by atoms with Crippen LogP contribution in [0, 0.1) is 0 Å². The first-order valence-corrected chi connectivity index (χ1v) is 8.28. The normalized spacial score (nSPS) is 14.1. The molecule has 0 saturated carbocycles. The minimum Gasteiger partial charge on any atom is -0.497 e. The molecule has 0 aromatic heterocycles. The zero-order chi connectivity index (χ0) is 18.0. The first kappa shape index (κ1) is 17.1. The van der Waals surface area contributed by atoms with Crippen LogP contribution in [0.25, 0.3) is 0 Å². The standard InChI is InChI=1S/C19H23N3O3/c1-13(22(24)19(20)23)15-6-7-18-16(11-15)8-9-21(18)12-14-4-3-5-17(10-14)25-2/h3-7,10-11,13,24H,8-9,12H2,1-2H3,(H2,20,23). The Bertz CT molecular complexity index is 778. The van der Waals surface area contributed by atoms with Crippen LogP contribution < -0.4 is 15.4 Å². The van der Waals surface area contributed by atoms with Gasteiger partial charge in [0.25, 0.3) is 0 Å². The molecular weight excluding hydrogens is 318 g/mol. The maximum Gasteiger partial charge on any atom is 0.339 e. The van der Waals surface area contributed by atoms with E-state index in [4.69, 9.17) is 10.5 Å². The number of anilines is 1. The van der Waals surface area contributed by atoms with Crippen molar-refractivity contribution in [2.24, 2.45) is 5.73 Å². The first-order chi connectivity index (χ1) is 12.0. The minimum absolute atomic E-state index is 0.477. The van der Waals surface area contributed by atoms with E-state index in [0.29, 0.717) is 5.06 Å². The van der Waals surface area contributed by atoms with Crippen molar-refractivity contribution >= 4 is 11.7 Å². The predicted molar refractivity (Wildman–Crippen MR) is 95.8 cm³/mol. The molecule has 0 radical (unpaired) electrons. The van der Waals surface area contributed by atoms with Crippen molar-refractivity contribution in [1.29, 1.82) is 0 Å². The first-order valence-electron chi connectivity index (χ1n) is 8.28. The van der Waals surface area contributed by atoms with Gasteiger partial charge in [0.15, 0.2) is 0 Å². The number of fused-ring (bicyclic) bond motifs is 1. The van der Waals surface area contributed by atoms with Crippen molar-refractivity contribution in [1.82, 2.24) is 5.06 Å². The second-order valence-electron chi connectivity index (χ2n) is 6.27. The van der Waals surface area contributed by atoms with Gasteiger partial charge in [0.1, 0.15) is 5.75 Å². The number of methoxy groups -OCH3 is 1. The number of urea groups is 1. The highest BCUT2D eigenvalue weighted by Gasteiger charge is 2.23. The van der Waals surface area contributed by atoms with Crippen molar-refractivity contribution in [2.75, 3.05) is 18.6 Å². The smallest absolute Gasteiger partial charge is 0.339 e. The molecule has 25 heavy (non-hydrogen) atoms. The summed E-state index contributed by atoms with van der Waals surface area (Å²) in [6.07, 6.45) is 0.932. The second-order valence-corrected chi connectivity index (χ2v) is 6.27. The number of nitrogens with zero attached hydrogens (tertiary/aromatic N) is 2. The molecule has 2 amide bonds. The highest BCUT2D eigenvalue weighted by molar-refractivity contribution is 5.71. The quantitative estimate of drug-likeness (QED) is 0.647. The fourth-order valence-electron chi connectivity index (χ4n) is 3.24. The number of benzene rings is 2. The average Bonchev–Trinajstić information content (AvgIpc) is 3.02. The number of rotatable bonds is 5. The van der Waals surface area contributed by atoms with Gasteiger partial charge in [-0.2, -0.15) is 5.06 Å². The fourth-order valence-corrected chi connectivity index (χ4v) is 3.24. The number of nitrogens with two attached hydrogens (primary N) is 1. The zero-order valence-corrected chi connectivity index (χ0v) is 14.5. The molecule has 0 saturated heterocycles. The molecule has 2 aromatic carbocycles. The topological polar surface area (TPSA) is 79.0 Å². The summed E-state index contributed by atoms with van der Waals surface area (Å²) in [5, 5.41) is 10.3. The fraction of sp³-hybridized carbons (Fsp3) is 0.316. The lowest BCUT2D eigenvalue weighted by Gasteiger charge is -2.23.